The smallest absolute Gasteiger partial charge is 0.182 e. The second-order valence-corrected chi connectivity index (χ2v) is 4.85. The third-order valence-electron chi connectivity index (χ3n) is 3.24. The molecule has 6 nitrogen and oxygen atoms in total. The fourth-order valence-corrected chi connectivity index (χ4v) is 2.17. The van der Waals surface area contributed by atoms with E-state index in [1.807, 2.05) is 29.8 Å². The monoisotopic (exact) mass is 275 g/mol. The van der Waals surface area contributed by atoms with Crippen molar-refractivity contribution < 1.29 is 4.74 Å². The first-order valence-electron chi connectivity index (χ1n) is 6.84. The molecule has 0 spiro atoms. The van der Waals surface area contributed by atoms with E-state index >= 15 is 0 Å². The van der Waals surface area contributed by atoms with Gasteiger partial charge in [0.05, 0.1) is 0 Å². The number of rotatable bonds is 7. The summed E-state index contributed by atoms with van der Waals surface area (Å²) in [6.45, 7) is 3.64. The zero-order valence-corrected chi connectivity index (χ0v) is 12.0. The summed E-state index contributed by atoms with van der Waals surface area (Å²) in [5, 5.41) is 12.0. The normalized spacial score (nSPS) is 10.9. The molecule has 2 rings (SSSR count). The molecule has 2 aromatic rings. The molecule has 2 N–H and O–H groups in total. The van der Waals surface area contributed by atoms with Crippen molar-refractivity contribution in [1.82, 2.24) is 20.2 Å². The summed E-state index contributed by atoms with van der Waals surface area (Å²) >= 11 is 0. The Morgan fingerprint density at radius 1 is 1.25 bits per heavy atom. The minimum Gasteiger partial charge on any atom is -0.399 e. The molecule has 0 fully saturated rings. The molecular weight excluding hydrogens is 254 g/mol. The first-order valence-corrected chi connectivity index (χ1v) is 6.84. The van der Waals surface area contributed by atoms with Gasteiger partial charge in [-0.2, -0.15) is 0 Å². The van der Waals surface area contributed by atoms with Gasteiger partial charge in [0.15, 0.2) is 5.82 Å². The van der Waals surface area contributed by atoms with E-state index in [-0.39, 0.29) is 0 Å². The minimum atomic E-state index is 0.754. The van der Waals surface area contributed by atoms with Crippen molar-refractivity contribution in [3.8, 4) is 11.4 Å². The van der Waals surface area contributed by atoms with Crippen LogP contribution in [0.25, 0.3) is 11.4 Å². The van der Waals surface area contributed by atoms with Crippen LogP contribution < -0.4 is 5.73 Å². The molecule has 0 saturated carbocycles. The summed E-state index contributed by atoms with van der Waals surface area (Å²) in [7, 11) is 1.73. The number of nitrogens with two attached hydrogens (primary N) is 1. The fraction of sp³-hybridized carbons (Fsp3) is 0.500. The zero-order valence-electron chi connectivity index (χ0n) is 12.0. The summed E-state index contributed by atoms with van der Waals surface area (Å²) in [6, 6.07) is 5.78. The predicted octanol–water partition coefficient (Wildman–Crippen LogP) is 2.05. The summed E-state index contributed by atoms with van der Waals surface area (Å²) < 4.78 is 6.89. The van der Waals surface area contributed by atoms with Gasteiger partial charge < -0.3 is 10.5 Å². The maximum atomic E-state index is 5.78. The second kappa shape index (κ2) is 7.00. The lowest BCUT2D eigenvalue weighted by Gasteiger charge is -2.07. The number of ether oxygens (including phenoxy) is 1. The molecule has 0 aliphatic carbocycles. The minimum absolute atomic E-state index is 0.754. The molecule has 0 unspecified atom stereocenters. The van der Waals surface area contributed by atoms with E-state index in [2.05, 4.69) is 15.5 Å². The largest absolute Gasteiger partial charge is 0.399 e. The maximum absolute atomic E-state index is 5.78. The first kappa shape index (κ1) is 14.5. The highest BCUT2D eigenvalue weighted by Crippen LogP contribution is 2.22. The van der Waals surface area contributed by atoms with Gasteiger partial charge in [-0.15, -0.1) is 5.10 Å². The van der Waals surface area contributed by atoms with Crippen molar-refractivity contribution >= 4 is 5.69 Å². The Kier molecular flexibility index (Phi) is 5.06. The van der Waals surface area contributed by atoms with Crippen molar-refractivity contribution in [3.05, 3.63) is 23.8 Å². The van der Waals surface area contributed by atoms with Crippen molar-refractivity contribution in [2.45, 2.75) is 32.7 Å². The summed E-state index contributed by atoms with van der Waals surface area (Å²) in [5.74, 6) is 0.800. The van der Waals surface area contributed by atoms with Crippen LogP contribution in [0.5, 0.6) is 0 Å². The van der Waals surface area contributed by atoms with Crippen molar-refractivity contribution in [2.75, 3.05) is 19.5 Å². The van der Waals surface area contributed by atoms with Crippen molar-refractivity contribution in [2.24, 2.45) is 0 Å². The fourth-order valence-electron chi connectivity index (χ4n) is 2.17. The lowest BCUT2D eigenvalue weighted by atomic mass is 10.1. The molecular formula is C14H21N5O. The van der Waals surface area contributed by atoms with Crippen LogP contribution in [-0.4, -0.2) is 33.9 Å². The highest BCUT2D eigenvalue weighted by Gasteiger charge is 2.11. The van der Waals surface area contributed by atoms with Crippen LogP contribution in [0.15, 0.2) is 18.2 Å². The lowest BCUT2D eigenvalue weighted by Crippen LogP contribution is -2.04. The third kappa shape index (κ3) is 3.54. The number of hydrogen-bond acceptors (Lipinski definition) is 5. The van der Waals surface area contributed by atoms with E-state index < -0.39 is 0 Å². The van der Waals surface area contributed by atoms with Crippen LogP contribution in [0.1, 0.15) is 24.8 Å². The van der Waals surface area contributed by atoms with Gasteiger partial charge in [-0.3, -0.25) is 0 Å². The number of nitrogen functional groups attached to an aromatic ring is 1. The quantitative estimate of drug-likeness (QED) is 0.618. The van der Waals surface area contributed by atoms with Crippen LogP contribution in [0.4, 0.5) is 5.69 Å². The van der Waals surface area contributed by atoms with Gasteiger partial charge in [-0.25, -0.2) is 4.68 Å². The van der Waals surface area contributed by atoms with Crippen molar-refractivity contribution in [3.63, 3.8) is 0 Å². The van der Waals surface area contributed by atoms with Gasteiger partial charge in [0.25, 0.3) is 0 Å². The maximum Gasteiger partial charge on any atom is 0.182 e. The van der Waals surface area contributed by atoms with Crippen molar-refractivity contribution in [1.29, 1.82) is 0 Å². The molecule has 0 aliphatic heterocycles. The second-order valence-electron chi connectivity index (χ2n) is 4.85. The van der Waals surface area contributed by atoms with Crippen LogP contribution in [0.2, 0.25) is 0 Å². The number of methoxy groups -OCH3 is 1. The van der Waals surface area contributed by atoms with Gasteiger partial charge in [0.1, 0.15) is 0 Å². The standard InChI is InChI=1S/C14H21N5O/c1-11-10-12(15)6-7-13(11)14-16-17-18-19(14)8-4-3-5-9-20-2/h6-7,10H,3-5,8-9,15H2,1-2H3. The Hall–Kier alpha value is -1.95. The van der Waals surface area contributed by atoms with Gasteiger partial charge in [-0.1, -0.05) is 0 Å². The van der Waals surface area contributed by atoms with Gasteiger partial charge in [-0.05, 0) is 60.4 Å². The van der Waals surface area contributed by atoms with Gasteiger partial charge in [0.2, 0.25) is 0 Å². The van der Waals surface area contributed by atoms with E-state index in [4.69, 9.17) is 10.5 Å². The van der Waals surface area contributed by atoms with Gasteiger partial charge >= 0.3 is 0 Å². The molecule has 1 aromatic heterocycles. The molecule has 108 valence electrons. The molecule has 0 radical (unpaired) electrons. The summed E-state index contributed by atoms with van der Waals surface area (Å²) in [5.41, 5.74) is 8.64. The molecule has 0 bridgehead atoms. The summed E-state index contributed by atoms with van der Waals surface area (Å²) in [4.78, 5) is 0. The average molecular weight is 275 g/mol. The Labute approximate surface area is 118 Å². The van der Waals surface area contributed by atoms with Crippen LogP contribution in [0.3, 0.4) is 0 Å². The Morgan fingerprint density at radius 2 is 2.10 bits per heavy atom. The summed E-state index contributed by atoms with van der Waals surface area (Å²) in [6.07, 6.45) is 3.21. The Balaban J connectivity index is 2.04. The van der Waals surface area contributed by atoms with Gasteiger partial charge in [0, 0.05) is 31.5 Å². The molecule has 0 saturated heterocycles. The van der Waals surface area contributed by atoms with Crippen LogP contribution in [0, 0.1) is 6.92 Å². The Morgan fingerprint density at radius 3 is 2.85 bits per heavy atom. The van der Waals surface area contributed by atoms with E-state index in [0.717, 1.165) is 55.1 Å². The first-order chi connectivity index (χ1) is 9.72. The molecule has 6 heteroatoms. The van der Waals surface area contributed by atoms with Crippen LogP contribution >= 0.6 is 0 Å². The number of nitrogens with zero attached hydrogens (tertiary/aromatic N) is 4. The van der Waals surface area contributed by atoms with E-state index in [9.17, 15) is 0 Å². The topological polar surface area (TPSA) is 78.8 Å². The molecule has 20 heavy (non-hydrogen) atoms. The number of anilines is 1. The molecule has 1 aromatic carbocycles. The molecule has 0 aliphatic rings. The number of aromatic nitrogens is 4. The molecule has 1 heterocycles. The third-order valence-corrected chi connectivity index (χ3v) is 3.24. The Bertz CT molecular complexity index is 552. The van der Waals surface area contributed by atoms with Crippen LogP contribution in [-0.2, 0) is 11.3 Å². The average Bonchev–Trinajstić information content (AvgIpc) is 2.87. The highest BCUT2D eigenvalue weighted by molar-refractivity contribution is 5.63. The van der Waals surface area contributed by atoms with E-state index in [1.165, 1.54) is 0 Å². The number of tetrazole rings is 1. The molecule has 0 amide bonds. The van der Waals surface area contributed by atoms with E-state index in [1.54, 1.807) is 7.11 Å². The molecule has 0 atom stereocenters. The zero-order chi connectivity index (χ0) is 14.4. The number of benzene rings is 1. The SMILES string of the molecule is COCCCCCn1nnnc1-c1ccc(N)cc1C. The number of unbranched alkanes of at least 4 members (excludes halogenated alkanes) is 2. The predicted molar refractivity (Wildman–Crippen MR) is 78.1 cm³/mol. The highest BCUT2D eigenvalue weighted by atomic mass is 16.5. The lowest BCUT2D eigenvalue weighted by molar-refractivity contribution is 0.191. The number of hydrogen-bond donors (Lipinski definition) is 1. The van der Waals surface area contributed by atoms with E-state index in [0.29, 0.717) is 0 Å². The number of aryl methyl sites for hydroxylation is 2.